The van der Waals surface area contributed by atoms with Crippen LogP contribution in [-0.2, 0) is 26.3 Å². The second-order valence-corrected chi connectivity index (χ2v) is 9.61. The molecule has 0 atom stereocenters. The highest BCUT2D eigenvalue weighted by Gasteiger charge is 2.26. The van der Waals surface area contributed by atoms with Gasteiger partial charge in [0.25, 0.3) is 0 Å². The third-order valence-electron chi connectivity index (χ3n) is 4.32. The average molecular weight is 395 g/mol. The molecular formula is C17H22N4O3S2. The van der Waals surface area contributed by atoms with E-state index in [1.165, 1.54) is 7.05 Å². The number of sulfonamides is 1. The van der Waals surface area contributed by atoms with Gasteiger partial charge >= 0.3 is 0 Å². The van der Waals surface area contributed by atoms with E-state index in [-0.39, 0.29) is 12.5 Å². The van der Waals surface area contributed by atoms with E-state index in [0.717, 1.165) is 50.1 Å². The van der Waals surface area contributed by atoms with Crippen LogP contribution in [0.15, 0.2) is 18.2 Å². The predicted octanol–water partition coefficient (Wildman–Crippen LogP) is 2.07. The van der Waals surface area contributed by atoms with Crippen LogP contribution in [0.5, 0.6) is 0 Å². The minimum absolute atomic E-state index is 0.237. The number of thioether (sulfide) groups is 1. The van der Waals surface area contributed by atoms with Crippen LogP contribution in [0.25, 0.3) is 5.69 Å². The Morgan fingerprint density at radius 2 is 2.08 bits per heavy atom. The third-order valence-corrected chi connectivity index (χ3v) is 6.55. The van der Waals surface area contributed by atoms with Crippen molar-refractivity contribution in [2.24, 2.45) is 0 Å². The number of rotatable bonds is 5. The lowest BCUT2D eigenvalue weighted by atomic mass is 10.1. The number of carbonyl (C=O) groups excluding carboxylic acids is 1. The lowest BCUT2D eigenvalue weighted by Gasteiger charge is -2.16. The number of hydrogen-bond acceptors (Lipinski definition) is 5. The van der Waals surface area contributed by atoms with Gasteiger partial charge in [0, 0.05) is 24.1 Å². The molecule has 1 N–H and O–H groups in total. The Balaban J connectivity index is 1.95. The van der Waals surface area contributed by atoms with E-state index in [4.69, 9.17) is 0 Å². The van der Waals surface area contributed by atoms with Crippen molar-refractivity contribution in [2.75, 3.05) is 25.2 Å². The predicted molar refractivity (Wildman–Crippen MR) is 104 cm³/mol. The monoisotopic (exact) mass is 394 g/mol. The molecule has 0 radical (unpaired) electrons. The summed E-state index contributed by atoms with van der Waals surface area (Å²) >= 11 is 1.75. The SMILES string of the molecule is Cc1ccc(-n2nc3c(c2NC(=O)CN(C)S(C)(=O)=O)CSC3)c(C)c1. The first-order chi connectivity index (χ1) is 12.2. The number of anilines is 1. The van der Waals surface area contributed by atoms with Gasteiger partial charge in [-0.2, -0.15) is 21.2 Å². The molecule has 0 spiro atoms. The van der Waals surface area contributed by atoms with Gasteiger partial charge in [-0.25, -0.2) is 13.1 Å². The van der Waals surface area contributed by atoms with Crippen molar-refractivity contribution in [1.82, 2.24) is 14.1 Å². The first-order valence-electron chi connectivity index (χ1n) is 8.14. The summed E-state index contributed by atoms with van der Waals surface area (Å²) < 4.78 is 25.9. The zero-order valence-electron chi connectivity index (χ0n) is 15.2. The summed E-state index contributed by atoms with van der Waals surface area (Å²) in [4.78, 5) is 12.4. The number of aromatic nitrogens is 2. The van der Waals surface area contributed by atoms with Crippen molar-refractivity contribution >= 4 is 33.5 Å². The number of carbonyl (C=O) groups is 1. The molecule has 1 aromatic heterocycles. The second kappa shape index (κ2) is 7.05. The van der Waals surface area contributed by atoms with Crippen molar-refractivity contribution in [2.45, 2.75) is 25.4 Å². The standard InChI is InChI=1S/C17H22N4O3S2/c1-11-5-6-15(12(2)7-11)21-17(13-9-25-10-14(13)19-21)18-16(22)8-20(3)26(4,23)24/h5-7H,8-10H2,1-4H3,(H,18,22). The number of nitrogens with zero attached hydrogens (tertiary/aromatic N) is 3. The van der Waals surface area contributed by atoms with Gasteiger partial charge in [0.05, 0.1) is 24.2 Å². The van der Waals surface area contributed by atoms with E-state index in [0.29, 0.717) is 5.82 Å². The van der Waals surface area contributed by atoms with Crippen LogP contribution in [0.4, 0.5) is 5.82 Å². The average Bonchev–Trinajstić information content (AvgIpc) is 3.09. The fourth-order valence-electron chi connectivity index (χ4n) is 2.85. The molecule has 140 valence electrons. The number of likely N-dealkylation sites (N-methyl/N-ethyl adjacent to an activating group) is 1. The highest BCUT2D eigenvalue weighted by Crippen LogP contribution is 2.36. The third kappa shape index (κ3) is 3.79. The molecule has 1 aromatic carbocycles. The molecule has 3 rings (SSSR count). The summed E-state index contributed by atoms with van der Waals surface area (Å²) in [5, 5.41) is 7.56. The summed E-state index contributed by atoms with van der Waals surface area (Å²) in [7, 11) is -2.03. The normalized spacial score (nSPS) is 13.9. The number of fused-ring (bicyclic) bond motifs is 1. The van der Waals surface area contributed by atoms with Gasteiger partial charge in [0.2, 0.25) is 15.9 Å². The van der Waals surface area contributed by atoms with E-state index in [9.17, 15) is 13.2 Å². The molecule has 0 saturated heterocycles. The van der Waals surface area contributed by atoms with Crippen molar-refractivity contribution in [3.63, 3.8) is 0 Å². The van der Waals surface area contributed by atoms with E-state index in [2.05, 4.69) is 16.5 Å². The smallest absolute Gasteiger partial charge is 0.240 e. The maximum Gasteiger partial charge on any atom is 0.240 e. The van der Waals surface area contributed by atoms with Crippen LogP contribution < -0.4 is 5.32 Å². The Labute approximate surface area is 157 Å². The van der Waals surface area contributed by atoms with Gasteiger partial charge < -0.3 is 5.32 Å². The van der Waals surface area contributed by atoms with Crippen LogP contribution in [0.1, 0.15) is 22.4 Å². The van der Waals surface area contributed by atoms with E-state index < -0.39 is 10.0 Å². The summed E-state index contributed by atoms with van der Waals surface area (Å²) in [6.45, 7) is 3.80. The largest absolute Gasteiger partial charge is 0.309 e. The summed E-state index contributed by atoms with van der Waals surface area (Å²) in [5.41, 5.74) is 5.08. The number of nitrogens with one attached hydrogen (secondary N) is 1. The quantitative estimate of drug-likeness (QED) is 0.839. The Hall–Kier alpha value is -1.84. The van der Waals surface area contributed by atoms with Crippen LogP contribution >= 0.6 is 11.8 Å². The van der Waals surface area contributed by atoms with Crippen molar-refractivity contribution in [1.29, 1.82) is 0 Å². The molecule has 0 aliphatic carbocycles. The summed E-state index contributed by atoms with van der Waals surface area (Å²) in [6, 6.07) is 6.06. The number of aryl methyl sites for hydroxylation is 2. The molecular weight excluding hydrogens is 372 g/mol. The van der Waals surface area contributed by atoms with E-state index in [1.807, 2.05) is 26.0 Å². The fourth-order valence-corrected chi connectivity index (χ4v) is 4.24. The number of hydrogen-bond donors (Lipinski definition) is 1. The van der Waals surface area contributed by atoms with Gasteiger partial charge in [0.1, 0.15) is 5.82 Å². The molecule has 0 saturated carbocycles. The Morgan fingerprint density at radius 3 is 2.73 bits per heavy atom. The number of benzene rings is 1. The molecule has 0 fully saturated rings. The molecule has 9 heteroatoms. The topological polar surface area (TPSA) is 84.3 Å². The first-order valence-corrected chi connectivity index (χ1v) is 11.1. The molecule has 0 unspecified atom stereocenters. The van der Waals surface area contributed by atoms with Crippen molar-refractivity contribution in [3.8, 4) is 5.69 Å². The Kier molecular flexibility index (Phi) is 5.14. The minimum atomic E-state index is -3.42. The molecule has 7 nitrogen and oxygen atoms in total. The molecule has 1 amide bonds. The summed E-state index contributed by atoms with van der Waals surface area (Å²) in [6.07, 6.45) is 1.08. The molecule has 1 aliphatic heterocycles. The van der Waals surface area contributed by atoms with E-state index >= 15 is 0 Å². The summed E-state index contributed by atoms with van der Waals surface area (Å²) in [5.74, 6) is 1.82. The minimum Gasteiger partial charge on any atom is -0.309 e. The van der Waals surface area contributed by atoms with Gasteiger partial charge in [-0.15, -0.1) is 0 Å². The Bertz CT molecular complexity index is 967. The highest BCUT2D eigenvalue weighted by atomic mass is 32.2. The maximum atomic E-state index is 12.4. The van der Waals surface area contributed by atoms with Gasteiger partial charge in [-0.05, 0) is 25.5 Å². The van der Waals surface area contributed by atoms with Crippen molar-refractivity contribution < 1.29 is 13.2 Å². The molecule has 1 aliphatic rings. The highest BCUT2D eigenvalue weighted by molar-refractivity contribution is 7.98. The van der Waals surface area contributed by atoms with Gasteiger partial charge in [-0.1, -0.05) is 17.7 Å². The lowest BCUT2D eigenvalue weighted by Crippen LogP contribution is -2.34. The van der Waals surface area contributed by atoms with Gasteiger partial charge in [0.15, 0.2) is 0 Å². The molecule has 0 bridgehead atoms. The van der Waals surface area contributed by atoms with Crippen LogP contribution in [0, 0.1) is 13.8 Å². The second-order valence-electron chi connectivity index (χ2n) is 6.54. The van der Waals surface area contributed by atoms with Crippen LogP contribution in [0.2, 0.25) is 0 Å². The molecule has 2 aromatic rings. The lowest BCUT2D eigenvalue weighted by molar-refractivity contribution is -0.116. The fraction of sp³-hybridized carbons (Fsp3) is 0.412. The van der Waals surface area contributed by atoms with Crippen LogP contribution in [-0.4, -0.2) is 48.3 Å². The Morgan fingerprint density at radius 1 is 1.35 bits per heavy atom. The van der Waals surface area contributed by atoms with Crippen LogP contribution in [0.3, 0.4) is 0 Å². The first kappa shape index (κ1) is 18.9. The number of amides is 1. The molecule has 2 heterocycles. The zero-order chi connectivity index (χ0) is 19.1. The van der Waals surface area contributed by atoms with Gasteiger partial charge in [-0.3, -0.25) is 4.79 Å². The maximum absolute atomic E-state index is 12.4. The van der Waals surface area contributed by atoms with E-state index in [1.54, 1.807) is 16.4 Å². The molecule has 26 heavy (non-hydrogen) atoms. The zero-order valence-corrected chi connectivity index (χ0v) is 16.9. The van der Waals surface area contributed by atoms with Crippen molar-refractivity contribution in [3.05, 3.63) is 40.6 Å².